The number of benzene rings is 1. The van der Waals surface area contributed by atoms with Gasteiger partial charge in [-0.05, 0) is 30.7 Å². The predicted octanol–water partition coefficient (Wildman–Crippen LogP) is 2.39. The summed E-state index contributed by atoms with van der Waals surface area (Å²) in [5.41, 5.74) is 0.265. The summed E-state index contributed by atoms with van der Waals surface area (Å²) < 4.78 is 25.7. The van der Waals surface area contributed by atoms with Crippen molar-refractivity contribution in [2.45, 2.75) is 25.9 Å². The highest BCUT2D eigenvalue weighted by Gasteiger charge is 2.09. The Labute approximate surface area is 94.3 Å². The summed E-state index contributed by atoms with van der Waals surface area (Å²) in [6.07, 6.45) is 1.21. The molecule has 0 aromatic heterocycles. The van der Waals surface area contributed by atoms with Crippen molar-refractivity contribution in [3.05, 3.63) is 35.4 Å². The number of nitrogens with one attached hydrogen (secondary N) is 1. The number of halogens is 2. The predicted molar refractivity (Wildman–Crippen MR) is 59.1 cm³/mol. The minimum Gasteiger partial charge on any atom is -0.387 e. The van der Waals surface area contributed by atoms with Gasteiger partial charge in [0.15, 0.2) is 0 Å². The summed E-state index contributed by atoms with van der Waals surface area (Å²) in [5, 5.41) is 12.7. The van der Waals surface area contributed by atoms with Gasteiger partial charge in [-0.25, -0.2) is 8.78 Å². The van der Waals surface area contributed by atoms with Crippen LogP contribution in [0.15, 0.2) is 18.2 Å². The van der Waals surface area contributed by atoms with Crippen LogP contribution in [0, 0.1) is 11.6 Å². The molecule has 1 atom stereocenters. The third-order valence-corrected chi connectivity index (χ3v) is 2.31. The maximum atomic E-state index is 12.9. The summed E-state index contributed by atoms with van der Waals surface area (Å²) in [5.74, 6) is -1.33. The lowest BCUT2D eigenvalue weighted by molar-refractivity contribution is 0.174. The molecule has 0 radical (unpaired) electrons. The molecule has 0 saturated heterocycles. The van der Waals surface area contributed by atoms with Gasteiger partial charge in [0.2, 0.25) is 0 Å². The van der Waals surface area contributed by atoms with Crippen LogP contribution in [0.25, 0.3) is 0 Å². The Kier molecular flexibility index (Phi) is 5.35. The van der Waals surface area contributed by atoms with E-state index in [0.717, 1.165) is 37.6 Å². The summed E-state index contributed by atoms with van der Waals surface area (Å²) in [7, 11) is 0. The quantitative estimate of drug-likeness (QED) is 0.734. The molecule has 2 N–H and O–H groups in total. The first-order valence-corrected chi connectivity index (χ1v) is 5.48. The van der Waals surface area contributed by atoms with E-state index in [0.29, 0.717) is 6.54 Å². The highest BCUT2D eigenvalue weighted by molar-refractivity contribution is 5.20. The van der Waals surface area contributed by atoms with Gasteiger partial charge >= 0.3 is 0 Å². The lowest BCUT2D eigenvalue weighted by Gasteiger charge is -2.12. The monoisotopic (exact) mass is 229 g/mol. The molecule has 0 saturated carbocycles. The maximum absolute atomic E-state index is 12.9. The fraction of sp³-hybridized carbons (Fsp3) is 0.500. The van der Waals surface area contributed by atoms with Crippen LogP contribution in [0.3, 0.4) is 0 Å². The smallest absolute Gasteiger partial charge is 0.126 e. The van der Waals surface area contributed by atoms with Crippen LogP contribution in [0.4, 0.5) is 8.78 Å². The zero-order valence-corrected chi connectivity index (χ0v) is 9.34. The molecule has 16 heavy (non-hydrogen) atoms. The van der Waals surface area contributed by atoms with Crippen LogP contribution in [0.2, 0.25) is 0 Å². The standard InChI is InChI=1S/C12H17F2NO/c1-2-3-4-15-8-12(16)9-5-10(13)7-11(14)6-9/h5-7,12,15-16H,2-4,8H2,1H3. The van der Waals surface area contributed by atoms with Gasteiger partial charge < -0.3 is 10.4 Å². The Hall–Kier alpha value is -1.00. The molecule has 1 unspecified atom stereocenters. The number of aliphatic hydroxyl groups is 1. The van der Waals surface area contributed by atoms with Gasteiger partial charge in [0, 0.05) is 12.6 Å². The molecule has 0 aliphatic carbocycles. The second-order valence-electron chi connectivity index (χ2n) is 3.78. The largest absolute Gasteiger partial charge is 0.387 e. The normalized spacial score (nSPS) is 12.8. The van der Waals surface area contributed by atoms with E-state index in [9.17, 15) is 13.9 Å². The number of hydrogen-bond donors (Lipinski definition) is 2. The van der Waals surface area contributed by atoms with Gasteiger partial charge in [0.05, 0.1) is 6.10 Å². The Morgan fingerprint density at radius 3 is 2.44 bits per heavy atom. The Balaban J connectivity index is 2.48. The van der Waals surface area contributed by atoms with E-state index < -0.39 is 17.7 Å². The average molecular weight is 229 g/mol. The number of rotatable bonds is 6. The third kappa shape index (κ3) is 4.24. The van der Waals surface area contributed by atoms with Gasteiger partial charge in [-0.3, -0.25) is 0 Å². The van der Waals surface area contributed by atoms with Crippen LogP contribution in [-0.4, -0.2) is 18.2 Å². The fourth-order valence-corrected chi connectivity index (χ4v) is 1.43. The Morgan fingerprint density at radius 1 is 1.25 bits per heavy atom. The van der Waals surface area contributed by atoms with Crippen molar-refractivity contribution < 1.29 is 13.9 Å². The molecule has 0 aliphatic rings. The Morgan fingerprint density at radius 2 is 1.88 bits per heavy atom. The van der Waals surface area contributed by atoms with Crippen molar-refractivity contribution in [1.82, 2.24) is 5.32 Å². The van der Waals surface area contributed by atoms with Crippen molar-refractivity contribution in [2.24, 2.45) is 0 Å². The summed E-state index contributed by atoms with van der Waals surface area (Å²) in [6, 6.07) is 3.09. The number of aliphatic hydroxyl groups excluding tert-OH is 1. The first-order valence-electron chi connectivity index (χ1n) is 5.48. The van der Waals surface area contributed by atoms with Crippen LogP contribution in [0.5, 0.6) is 0 Å². The van der Waals surface area contributed by atoms with E-state index in [1.165, 1.54) is 0 Å². The van der Waals surface area contributed by atoms with E-state index in [1.807, 2.05) is 0 Å². The molecule has 0 spiro atoms. The molecule has 1 aromatic carbocycles. The van der Waals surface area contributed by atoms with Crippen molar-refractivity contribution in [3.8, 4) is 0 Å². The molecule has 1 aromatic rings. The molecule has 4 heteroatoms. The van der Waals surface area contributed by atoms with Gasteiger partial charge in [0.25, 0.3) is 0 Å². The summed E-state index contributed by atoms with van der Waals surface area (Å²) in [6.45, 7) is 3.17. The van der Waals surface area contributed by atoms with Crippen LogP contribution in [-0.2, 0) is 0 Å². The third-order valence-electron chi connectivity index (χ3n) is 2.31. The molecule has 90 valence electrons. The molecule has 1 rings (SSSR count). The molecule has 0 fully saturated rings. The first kappa shape index (κ1) is 13.1. The lowest BCUT2D eigenvalue weighted by atomic mass is 10.1. The van der Waals surface area contributed by atoms with Crippen molar-refractivity contribution >= 4 is 0 Å². The molecular weight excluding hydrogens is 212 g/mol. The van der Waals surface area contributed by atoms with E-state index in [4.69, 9.17) is 0 Å². The first-order chi connectivity index (χ1) is 7.63. The van der Waals surface area contributed by atoms with Gasteiger partial charge in [-0.1, -0.05) is 13.3 Å². The van der Waals surface area contributed by atoms with Crippen LogP contribution in [0.1, 0.15) is 31.4 Å². The molecular formula is C12H17F2NO. The van der Waals surface area contributed by atoms with Crippen molar-refractivity contribution in [2.75, 3.05) is 13.1 Å². The van der Waals surface area contributed by atoms with Gasteiger partial charge in [-0.2, -0.15) is 0 Å². The van der Waals surface area contributed by atoms with E-state index in [1.54, 1.807) is 0 Å². The minimum atomic E-state index is -0.873. The topological polar surface area (TPSA) is 32.3 Å². The molecule has 0 bridgehead atoms. The van der Waals surface area contributed by atoms with Gasteiger partial charge in [0.1, 0.15) is 11.6 Å². The fourth-order valence-electron chi connectivity index (χ4n) is 1.43. The Bertz CT molecular complexity index is 311. The highest BCUT2D eigenvalue weighted by atomic mass is 19.1. The second-order valence-corrected chi connectivity index (χ2v) is 3.78. The van der Waals surface area contributed by atoms with Gasteiger partial charge in [-0.15, -0.1) is 0 Å². The van der Waals surface area contributed by atoms with E-state index in [2.05, 4.69) is 12.2 Å². The summed E-state index contributed by atoms with van der Waals surface area (Å²) >= 11 is 0. The van der Waals surface area contributed by atoms with E-state index >= 15 is 0 Å². The zero-order chi connectivity index (χ0) is 12.0. The highest BCUT2D eigenvalue weighted by Crippen LogP contribution is 2.15. The number of hydrogen-bond acceptors (Lipinski definition) is 2. The zero-order valence-electron chi connectivity index (χ0n) is 9.34. The molecule has 0 amide bonds. The van der Waals surface area contributed by atoms with Crippen LogP contribution < -0.4 is 5.32 Å². The maximum Gasteiger partial charge on any atom is 0.126 e. The minimum absolute atomic E-state index is 0.265. The summed E-state index contributed by atoms with van der Waals surface area (Å²) in [4.78, 5) is 0. The van der Waals surface area contributed by atoms with E-state index in [-0.39, 0.29) is 5.56 Å². The number of unbranched alkanes of at least 4 members (excludes halogenated alkanes) is 1. The molecule has 0 heterocycles. The molecule has 2 nitrogen and oxygen atoms in total. The van der Waals surface area contributed by atoms with Crippen molar-refractivity contribution in [1.29, 1.82) is 0 Å². The second kappa shape index (κ2) is 6.55. The average Bonchev–Trinajstić information content (AvgIpc) is 2.22. The van der Waals surface area contributed by atoms with Crippen molar-refractivity contribution in [3.63, 3.8) is 0 Å². The van der Waals surface area contributed by atoms with Crippen LogP contribution >= 0.6 is 0 Å². The lowest BCUT2D eigenvalue weighted by Crippen LogP contribution is -2.22. The molecule has 0 aliphatic heterocycles. The SMILES string of the molecule is CCCCNCC(O)c1cc(F)cc(F)c1.